The third-order valence-corrected chi connectivity index (χ3v) is 4.79. The maximum Gasteiger partial charge on any atom is 0.252 e. The minimum Gasteiger partial charge on any atom is -0.341 e. The van der Waals surface area contributed by atoms with Crippen LogP contribution in [0, 0.1) is 5.92 Å². The first kappa shape index (κ1) is 18.3. The number of carbonyl (C=O) groups is 1. The zero-order chi connectivity index (χ0) is 17.2. The van der Waals surface area contributed by atoms with Gasteiger partial charge in [0, 0.05) is 31.4 Å². The number of hydrogen-bond donors (Lipinski definition) is 1. The Bertz CT molecular complexity index is 851. The Morgan fingerprint density at radius 2 is 2.00 bits per heavy atom. The highest BCUT2D eigenvalue weighted by atomic mass is 35.5. The van der Waals surface area contributed by atoms with Crippen LogP contribution in [0.1, 0.15) is 17.3 Å². The molecule has 2 N–H and O–H groups in total. The van der Waals surface area contributed by atoms with Crippen molar-refractivity contribution in [2.45, 2.75) is 12.3 Å². The number of likely N-dealkylation sites (tertiary alicyclic amines) is 1. The molecule has 2 atom stereocenters. The third-order valence-electron chi connectivity index (χ3n) is 4.79. The van der Waals surface area contributed by atoms with Crippen molar-refractivity contribution < 1.29 is 4.79 Å². The highest BCUT2D eigenvalue weighted by Crippen LogP contribution is 2.32. The number of rotatable bonds is 4. The summed E-state index contributed by atoms with van der Waals surface area (Å²) in [5.41, 5.74) is 7.19. The molecule has 26 heavy (non-hydrogen) atoms. The van der Waals surface area contributed by atoms with Gasteiger partial charge in [-0.25, -0.2) is 9.50 Å². The standard InChI is InChI=1S/C18H20N6O.ClH/c19-10-14-11-23(12-15(14)13-5-2-1-3-6-13)17(25)9-16-21-18-20-7-4-8-24(18)22-16;/h1-8,14-15H,9-12,19H2;1H/t14-,15+;/m1./s1. The Hall–Kier alpha value is -2.51. The quantitative estimate of drug-likeness (QED) is 0.745. The lowest BCUT2D eigenvalue weighted by Crippen LogP contribution is -2.31. The number of nitrogens with two attached hydrogens (primary N) is 1. The smallest absolute Gasteiger partial charge is 0.252 e. The van der Waals surface area contributed by atoms with Crippen LogP contribution in [0.4, 0.5) is 0 Å². The maximum absolute atomic E-state index is 12.7. The molecule has 0 spiro atoms. The molecule has 1 saturated heterocycles. The first-order chi connectivity index (χ1) is 12.2. The van der Waals surface area contributed by atoms with Crippen LogP contribution >= 0.6 is 12.4 Å². The summed E-state index contributed by atoms with van der Waals surface area (Å²) in [6, 6.07) is 12.1. The molecule has 0 aliphatic carbocycles. The van der Waals surface area contributed by atoms with Crippen LogP contribution in [0.2, 0.25) is 0 Å². The average molecular weight is 373 g/mol. The molecule has 1 amide bonds. The lowest BCUT2D eigenvalue weighted by Gasteiger charge is -2.16. The van der Waals surface area contributed by atoms with Crippen LogP contribution in [0.25, 0.3) is 5.78 Å². The topological polar surface area (TPSA) is 89.4 Å². The molecule has 8 heteroatoms. The highest BCUT2D eigenvalue weighted by Gasteiger charge is 2.35. The fraction of sp³-hybridized carbons (Fsp3) is 0.333. The van der Waals surface area contributed by atoms with Crippen LogP contribution in [-0.4, -0.2) is 50.0 Å². The van der Waals surface area contributed by atoms with Gasteiger partial charge in [0.05, 0.1) is 6.42 Å². The Balaban J connectivity index is 0.00000196. The van der Waals surface area contributed by atoms with Crippen molar-refractivity contribution in [2.24, 2.45) is 11.7 Å². The number of hydrogen-bond acceptors (Lipinski definition) is 5. The Kier molecular flexibility index (Phi) is 5.49. The van der Waals surface area contributed by atoms with E-state index in [1.54, 1.807) is 23.0 Å². The summed E-state index contributed by atoms with van der Waals surface area (Å²) in [7, 11) is 0. The summed E-state index contributed by atoms with van der Waals surface area (Å²) in [5.74, 6) is 1.60. The number of fused-ring (bicyclic) bond motifs is 1. The van der Waals surface area contributed by atoms with Gasteiger partial charge < -0.3 is 10.6 Å². The second kappa shape index (κ2) is 7.80. The van der Waals surface area contributed by atoms with Crippen LogP contribution in [0.15, 0.2) is 48.8 Å². The van der Waals surface area contributed by atoms with E-state index in [0.29, 0.717) is 31.2 Å². The SMILES string of the molecule is Cl.NC[C@@H]1CN(C(=O)Cc2nc3ncccn3n2)C[C@H]1c1ccccc1. The van der Waals surface area contributed by atoms with Crippen molar-refractivity contribution >= 4 is 24.1 Å². The van der Waals surface area contributed by atoms with Crippen molar-refractivity contribution in [3.8, 4) is 0 Å². The number of nitrogens with zero attached hydrogens (tertiary/aromatic N) is 5. The minimum absolute atomic E-state index is 0. The molecular weight excluding hydrogens is 352 g/mol. The van der Waals surface area contributed by atoms with Gasteiger partial charge in [0.1, 0.15) is 0 Å². The van der Waals surface area contributed by atoms with Crippen LogP contribution in [0.5, 0.6) is 0 Å². The van der Waals surface area contributed by atoms with Gasteiger partial charge in [0.2, 0.25) is 5.91 Å². The van der Waals surface area contributed by atoms with E-state index in [-0.39, 0.29) is 36.6 Å². The summed E-state index contributed by atoms with van der Waals surface area (Å²) < 4.78 is 1.59. The van der Waals surface area contributed by atoms with Crippen molar-refractivity contribution in [3.05, 3.63) is 60.2 Å². The molecule has 4 rings (SSSR count). The van der Waals surface area contributed by atoms with Gasteiger partial charge in [-0.2, -0.15) is 4.98 Å². The van der Waals surface area contributed by atoms with E-state index in [1.807, 2.05) is 23.1 Å². The average Bonchev–Trinajstić information content (AvgIpc) is 3.25. The largest absolute Gasteiger partial charge is 0.341 e. The predicted octanol–water partition coefficient (Wildman–Crippen LogP) is 1.29. The van der Waals surface area contributed by atoms with E-state index >= 15 is 0 Å². The van der Waals surface area contributed by atoms with Crippen molar-refractivity contribution in [2.75, 3.05) is 19.6 Å². The van der Waals surface area contributed by atoms with Gasteiger partial charge in [-0.1, -0.05) is 30.3 Å². The fourth-order valence-electron chi connectivity index (χ4n) is 3.49. The molecule has 0 saturated carbocycles. The van der Waals surface area contributed by atoms with E-state index in [9.17, 15) is 4.79 Å². The molecule has 1 fully saturated rings. The van der Waals surface area contributed by atoms with Gasteiger partial charge in [-0.3, -0.25) is 4.79 Å². The summed E-state index contributed by atoms with van der Waals surface area (Å²) in [5, 5.41) is 4.31. The zero-order valence-electron chi connectivity index (χ0n) is 14.2. The zero-order valence-corrected chi connectivity index (χ0v) is 15.0. The molecule has 0 radical (unpaired) electrons. The van der Waals surface area contributed by atoms with Crippen LogP contribution < -0.4 is 5.73 Å². The van der Waals surface area contributed by atoms with Gasteiger partial charge in [-0.15, -0.1) is 17.5 Å². The normalized spacial score (nSPS) is 19.5. The second-order valence-electron chi connectivity index (χ2n) is 6.38. The third kappa shape index (κ3) is 3.54. The molecule has 1 aliphatic heterocycles. The first-order valence-electron chi connectivity index (χ1n) is 8.43. The molecule has 136 valence electrons. The molecule has 0 unspecified atom stereocenters. The highest BCUT2D eigenvalue weighted by molar-refractivity contribution is 5.85. The van der Waals surface area contributed by atoms with Crippen molar-refractivity contribution in [3.63, 3.8) is 0 Å². The van der Waals surface area contributed by atoms with E-state index in [2.05, 4.69) is 27.2 Å². The molecule has 3 heterocycles. The fourth-order valence-corrected chi connectivity index (χ4v) is 3.49. The lowest BCUT2D eigenvalue weighted by molar-refractivity contribution is -0.129. The van der Waals surface area contributed by atoms with Crippen molar-refractivity contribution in [1.29, 1.82) is 0 Å². The Morgan fingerprint density at radius 1 is 1.19 bits per heavy atom. The molecule has 0 bridgehead atoms. The molecule has 2 aromatic heterocycles. The monoisotopic (exact) mass is 372 g/mol. The van der Waals surface area contributed by atoms with Crippen LogP contribution in [-0.2, 0) is 11.2 Å². The van der Waals surface area contributed by atoms with E-state index < -0.39 is 0 Å². The molecule has 1 aliphatic rings. The number of aromatic nitrogens is 4. The maximum atomic E-state index is 12.7. The van der Waals surface area contributed by atoms with E-state index in [0.717, 1.165) is 0 Å². The number of halogens is 1. The molecular formula is C18H21ClN6O. The molecule has 3 aromatic rings. The number of carbonyl (C=O) groups excluding carboxylic acids is 1. The van der Waals surface area contributed by atoms with Gasteiger partial charge in [0.15, 0.2) is 5.82 Å². The Labute approximate surface area is 157 Å². The summed E-state index contributed by atoms with van der Waals surface area (Å²) in [6.07, 6.45) is 3.61. The number of amides is 1. The van der Waals surface area contributed by atoms with Crippen molar-refractivity contribution in [1.82, 2.24) is 24.5 Å². The van der Waals surface area contributed by atoms with Crippen LogP contribution in [0.3, 0.4) is 0 Å². The first-order valence-corrected chi connectivity index (χ1v) is 8.43. The van der Waals surface area contributed by atoms with Gasteiger partial charge in [-0.05, 0) is 24.1 Å². The van der Waals surface area contributed by atoms with E-state index in [1.165, 1.54) is 5.56 Å². The van der Waals surface area contributed by atoms with E-state index in [4.69, 9.17) is 5.73 Å². The lowest BCUT2D eigenvalue weighted by atomic mass is 9.89. The predicted molar refractivity (Wildman–Crippen MR) is 100 cm³/mol. The summed E-state index contributed by atoms with van der Waals surface area (Å²) in [6.45, 7) is 1.94. The molecule has 7 nitrogen and oxygen atoms in total. The Morgan fingerprint density at radius 3 is 2.73 bits per heavy atom. The van der Waals surface area contributed by atoms with Gasteiger partial charge in [0.25, 0.3) is 5.78 Å². The van der Waals surface area contributed by atoms with Gasteiger partial charge >= 0.3 is 0 Å². The molecule has 1 aromatic carbocycles. The number of benzene rings is 1. The summed E-state index contributed by atoms with van der Waals surface area (Å²) in [4.78, 5) is 23.0. The summed E-state index contributed by atoms with van der Waals surface area (Å²) >= 11 is 0. The minimum atomic E-state index is 0. The second-order valence-corrected chi connectivity index (χ2v) is 6.38.